The number of nitrogens with zero attached hydrogens (tertiary/aromatic N) is 1. The molecule has 1 N–H and O–H groups in total. The van der Waals surface area contributed by atoms with Crippen LogP contribution in [0.3, 0.4) is 0 Å². The Kier molecular flexibility index (Phi) is 4.66. The third-order valence-corrected chi connectivity index (χ3v) is 5.13. The van der Waals surface area contributed by atoms with E-state index in [0.29, 0.717) is 5.92 Å². The van der Waals surface area contributed by atoms with Gasteiger partial charge in [0, 0.05) is 23.8 Å². The first-order valence-electron chi connectivity index (χ1n) is 7.70. The Bertz CT molecular complexity index is 609. The summed E-state index contributed by atoms with van der Waals surface area (Å²) in [6.07, 6.45) is 4.37. The molecule has 1 atom stereocenters. The van der Waals surface area contributed by atoms with Gasteiger partial charge in [-0.25, -0.2) is 9.37 Å². The normalized spacial score (nSPS) is 17.7. The van der Waals surface area contributed by atoms with Gasteiger partial charge >= 0.3 is 0 Å². The number of nitrogens with one attached hydrogen (secondary N) is 1. The molecule has 112 valence electrons. The molecule has 0 saturated carbocycles. The molecular weight excluding hydrogens is 283 g/mol. The molecule has 0 spiro atoms. The lowest BCUT2D eigenvalue weighted by Crippen LogP contribution is -2.24. The maximum atomic E-state index is 13.3. The number of benzene rings is 1. The fourth-order valence-corrected chi connectivity index (χ4v) is 4.20. The lowest BCUT2D eigenvalue weighted by atomic mass is 9.91. The van der Waals surface area contributed by atoms with E-state index in [-0.39, 0.29) is 5.82 Å². The molecule has 1 aliphatic rings. The fourth-order valence-electron chi connectivity index (χ4n) is 2.97. The van der Waals surface area contributed by atoms with Crippen molar-refractivity contribution in [2.45, 2.75) is 38.5 Å². The van der Waals surface area contributed by atoms with E-state index in [4.69, 9.17) is 4.98 Å². The number of aromatic nitrogens is 1. The molecular formula is C17H21FN2S. The van der Waals surface area contributed by atoms with Crippen LogP contribution in [0, 0.1) is 5.82 Å². The van der Waals surface area contributed by atoms with Crippen molar-refractivity contribution in [2.75, 3.05) is 13.1 Å². The first-order chi connectivity index (χ1) is 10.3. The summed E-state index contributed by atoms with van der Waals surface area (Å²) < 4.78 is 13.3. The third kappa shape index (κ3) is 3.50. The molecule has 2 aromatic rings. The Balaban J connectivity index is 1.78. The van der Waals surface area contributed by atoms with Crippen LogP contribution in [0.4, 0.5) is 4.39 Å². The molecule has 0 saturated heterocycles. The number of aryl methyl sites for hydroxylation is 1. The average molecular weight is 304 g/mol. The van der Waals surface area contributed by atoms with Crippen molar-refractivity contribution in [1.82, 2.24) is 10.3 Å². The zero-order chi connectivity index (χ0) is 14.7. The molecule has 1 aliphatic carbocycles. The zero-order valence-corrected chi connectivity index (χ0v) is 13.2. The summed E-state index contributed by atoms with van der Waals surface area (Å²) in [5.74, 6) is 0.380. The van der Waals surface area contributed by atoms with Crippen LogP contribution in [0.5, 0.6) is 0 Å². The number of rotatable bonds is 5. The van der Waals surface area contributed by atoms with E-state index >= 15 is 0 Å². The molecule has 1 unspecified atom stereocenters. The smallest absolute Gasteiger partial charge is 0.123 e. The topological polar surface area (TPSA) is 24.9 Å². The Hall–Kier alpha value is -1.26. The lowest BCUT2D eigenvalue weighted by molar-refractivity contribution is 0.508. The predicted molar refractivity (Wildman–Crippen MR) is 85.5 cm³/mol. The average Bonchev–Trinajstić information content (AvgIpc) is 2.88. The summed E-state index contributed by atoms with van der Waals surface area (Å²) >= 11 is 1.81. The minimum Gasteiger partial charge on any atom is -0.316 e. The van der Waals surface area contributed by atoms with Gasteiger partial charge in [0.15, 0.2) is 0 Å². The summed E-state index contributed by atoms with van der Waals surface area (Å²) in [5.41, 5.74) is 2.29. The molecule has 0 aliphatic heterocycles. The second-order valence-electron chi connectivity index (χ2n) is 5.62. The van der Waals surface area contributed by atoms with Gasteiger partial charge in [0.05, 0.1) is 10.7 Å². The molecule has 4 heteroatoms. The Labute approximate surface area is 129 Å². The van der Waals surface area contributed by atoms with Crippen LogP contribution in [0.15, 0.2) is 24.3 Å². The maximum absolute atomic E-state index is 13.3. The number of thiazole rings is 1. The van der Waals surface area contributed by atoms with Crippen LogP contribution in [0.25, 0.3) is 0 Å². The van der Waals surface area contributed by atoms with E-state index in [1.807, 2.05) is 17.4 Å². The number of likely N-dealkylation sites (N-methyl/N-ethyl adjacent to an activating group) is 1. The highest BCUT2D eigenvalue weighted by atomic mass is 32.1. The Morgan fingerprint density at radius 1 is 1.43 bits per heavy atom. The third-order valence-electron chi connectivity index (χ3n) is 4.00. The van der Waals surface area contributed by atoms with Gasteiger partial charge in [-0.3, -0.25) is 0 Å². The van der Waals surface area contributed by atoms with Gasteiger partial charge in [-0.05, 0) is 43.5 Å². The predicted octanol–water partition coefficient (Wildman–Crippen LogP) is 3.90. The molecule has 1 aromatic heterocycles. The highest BCUT2D eigenvalue weighted by Crippen LogP contribution is 2.35. The van der Waals surface area contributed by atoms with Gasteiger partial charge in [-0.1, -0.05) is 19.1 Å². The second-order valence-corrected chi connectivity index (χ2v) is 6.79. The molecule has 0 fully saturated rings. The van der Waals surface area contributed by atoms with Gasteiger partial charge in [-0.15, -0.1) is 11.3 Å². The van der Waals surface area contributed by atoms with Crippen LogP contribution < -0.4 is 5.32 Å². The number of halogens is 1. The van der Waals surface area contributed by atoms with Crippen LogP contribution in [-0.4, -0.2) is 18.1 Å². The van der Waals surface area contributed by atoms with E-state index in [1.54, 1.807) is 12.1 Å². The van der Waals surface area contributed by atoms with Crippen molar-refractivity contribution < 1.29 is 4.39 Å². The molecule has 0 radical (unpaired) electrons. The number of fused-ring (bicyclic) bond motifs is 1. The van der Waals surface area contributed by atoms with Crippen molar-refractivity contribution in [3.05, 3.63) is 51.2 Å². The monoisotopic (exact) mass is 304 g/mol. The highest BCUT2D eigenvalue weighted by molar-refractivity contribution is 7.11. The van der Waals surface area contributed by atoms with Crippen molar-refractivity contribution >= 4 is 11.3 Å². The highest BCUT2D eigenvalue weighted by Gasteiger charge is 2.24. The number of hydrogen-bond donors (Lipinski definition) is 1. The van der Waals surface area contributed by atoms with E-state index in [2.05, 4.69) is 12.2 Å². The standard InChI is InChI=1S/C17H21FN2S/c1-2-19-11-13-6-4-8-15-17(13)20-16(21-15)10-12-5-3-7-14(18)9-12/h3,5,7,9,13,19H,2,4,6,8,10-11H2,1H3. The van der Waals surface area contributed by atoms with Crippen LogP contribution in [0.2, 0.25) is 0 Å². The second kappa shape index (κ2) is 6.67. The van der Waals surface area contributed by atoms with Crippen LogP contribution in [-0.2, 0) is 12.8 Å². The summed E-state index contributed by atoms with van der Waals surface area (Å²) in [6.45, 7) is 4.17. The maximum Gasteiger partial charge on any atom is 0.123 e. The summed E-state index contributed by atoms with van der Waals surface area (Å²) in [6, 6.07) is 6.84. The lowest BCUT2D eigenvalue weighted by Gasteiger charge is -2.21. The largest absolute Gasteiger partial charge is 0.316 e. The first kappa shape index (κ1) is 14.7. The van der Waals surface area contributed by atoms with Gasteiger partial charge in [0.25, 0.3) is 0 Å². The molecule has 0 amide bonds. The summed E-state index contributed by atoms with van der Waals surface area (Å²) in [4.78, 5) is 6.31. The van der Waals surface area contributed by atoms with Gasteiger partial charge in [0.1, 0.15) is 5.82 Å². The van der Waals surface area contributed by atoms with Crippen LogP contribution >= 0.6 is 11.3 Å². The molecule has 0 bridgehead atoms. The summed E-state index contributed by atoms with van der Waals surface area (Å²) in [5, 5.41) is 4.56. The van der Waals surface area contributed by atoms with Gasteiger partial charge in [0.2, 0.25) is 0 Å². The fraction of sp³-hybridized carbons (Fsp3) is 0.471. The minimum atomic E-state index is -0.168. The van der Waals surface area contributed by atoms with E-state index in [1.165, 1.54) is 29.5 Å². The van der Waals surface area contributed by atoms with Gasteiger partial charge < -0.3 is 5.32 Å². The molecule has 21 heavy (non-hydrogen) atoms. The van der Waals surface area contributed by atoms with E-state index in [9.17, 15) is 4.39 Å². The molecule has 1 heterocycles. The zero-order valence-electron chi connectivity index (χ0n) is 12.4. The SMILES string of the molecule is CCNCC1CCCc2sc(Cc3cccc(F)c3)nc21. The van der Waals surface area contributed by atoms with Crippen LogP contribution in [0.1, 0.15) is 46.8 Å². The first-order valence-corrected chi connectivity index (χ1v) is 8.51. The van der Waals surface area contributed by atoms with Crippen molar-refractivity contribution in [2.24, 2.45) is 0 Å². The summed E-state index contributed by atoms with van der Waals surface area (Å²) in [7, 11) is 0. The Morgan fingerprint density at radius 3 is 3.14 bits per heavy atom. The van der Waals surface area contributed by atoms with E-state index in [0.717, 1.165) is 36.5 Å². The minimum absolute atomic E-state index is 0.168. The van der Waals surface area contributed by atoms with Crippen molar-refractivity contribution in [3.63, 3.8) is 0 Å². The molecule has 3 rings (SSSR count). The molecule has 2 nitrogen and oxygen atoms in total. The Morgan fingerprint density at radius 2 is 2.33 bits per heavy atom. The molecule has 1 aromatic carbocycles. The van der Waals surface area contributed by atoms with Crippen molar-refractivity contribution in [1.29, 1.82) is 0 Å². The van der Waals surface area contributed by atoms with Gasteiger partial charge in [-0.2, -0.15) is 0 Å². The quantitative estimate of drug-likeness (QED) is 0.906. The van der Waals surface area contributed by atoms with E-state index < -0.39 is 0 Å². The van der Waals surface area contributed by atoms with Crippen molar-refractivity contribution in [3.8, 4) is 0 Å². The number of hydrogen-bond acceptors (Lipinski definition) is 3.